The lowest BCUT2D eigenvalue weighted by Gasteiger charge is -2.24. The summed E-state index contributed by atoms with van der Waals surface area (Å²) < 4.78 is 34.5. The van der Waals surface area contributed by atoms with Crippen molar-refractivity contribution in [1.29, 1.82) is 0 Å². The molecule has 0 fully saturated rings. The van der Waals surface area contributed by atoms with Crippen LogP contribution in [0.2, 0.25) is 0 Å². The Balaban J connectivity index is 2.67. The number of aryl methyl sites for hydroxylation is 1. The van der Waals surface area contributed by atoms with Gasteiger partial charge in [0.1, 0.15) is 11.6 Å². The molecular weight excluding hydrogens is 424 g/mol. The molecule has 0 radical (unpaired) electrons. The van der Waals surface area contributed by atoms with Gasteiger partial charge in [-0.1, -0.05) is 23.8 Å². The van der Waals surface area contributed by atoms with Crippen molar-refractivity contribution in [3.8, 4) is 0 Å². The van der Waals surface area contributed by atoms with Gasteiger partial charge < -0.3 is 20.5 Å². The molecule has 9 nitrogen and oxygen atoms in total. The molecule has 31 heavy (non-hydrogen) atoms. The fraction of sp³-hybridized carbons (Fsp3) is 0.524. The molecule has 0 bridgehead atoms. The maximum absolute atomic E-state index is 12.3. The monoisotopic (exact) mass is 456 g/mol. The first-order valence-corrected chi connectivity index (χ1v) is 11.3. The molecule has 1 aromatic rings. The van der Waals surface area contributed by atoms with Crippen LogP contribution in [0.5, 0.6) is 0 Å². The minimum Gasteiger partial charge on any atom is -0.444 e. The minimum absolute atomic E-state index is 0.0147. The van der Waals surface area contributed by atoms with Crippen LogP contribution < -0.4 is 10.6 Å². The quantitative estimate of drug-likeness (QED) is 0.343. The summed E-state index contributed by atoms with van der Waals surface area (Å²) in [5, 5.41) is 15.2. The highest BCUT2D eigenvalue weighted by Gasteiger charge is 2.26. The maximum Gasteiger partial charge on any atom is 0.408 e. The highest BCUT2D eigenvalue weighted by atomic mass is 32.2. The Hall–Kier alpha value is -2.43. The van der Waals surface area contributed by atoms with Gasteiger partial charge in [-0.15, -0.1) is 6.58 Å². The number of alkyl carbamates (subject to hydrolysis) is 1. The second-order valence-electron chi connectivity index (χ2n) is 8.00. The zero-order valence-corrected chi connectivity index (χ0v) is 19.2. The number of amides is 2. The number of hydrogen-bond donors (Lipinski definition) is 3. The molecule has 2 atom stereocenters. The van der Waals surface area contributed by atoms with Crippen molar-refractivity contribution in [2.75, 3.05) is 13.2 Å². The number of ether oxygens (including phenoxy) is 1. The zero-order chi connectivity index (χ0) is 23.7. The average molecular weight is 457 g/mol. The van der Waals surface area contributed by atoms with Crippen molar-refractivity contribution in [3.63, 3.8) is 0 Å². The highest BCUT2D eigenvalue weighted by Crippen LogP contribution is 2.15. The Morgan fingerprint density at radius 3 is 2.39 bits per heavy atom. The van der Waals surface area contributed by atoms with Crippen molar-refractivity contribution in [1.82, 2.24) is 10.6 Å². The van der Waals surface area contributed by atoms with Gasteiger partial charge >= 0.3 is 6.09 Å². The highest BCUT2D eigenvalue weighted by molar-refractivity contribution is 7.86. The number of hydrogen-bond acceptors (Lipinski definition) is 7. The number of benzene rings is 1. The van der Waals surface area contributed by atoms with E-state index in [1.165, 1.54) is 18.2 Å². The molecule has 0 saturated heterocycles. The van der Waals surface area contributed by atoms with Gasteiger partial charge in [-0.25, -0.2) is 4.79 Å². The Bertz CT molecular complexity index is 845. The molecular formula is C21H32N2O7S. The van der Waals surface area contributed by atoms with E-state index in [2.05, 4.69) is 17.2 Å². The number of nitrogens with one attached hydrogen (secondary N) is 2. The van der Waals surface area contributed by atoms with E-state index in [1.807, 2.05) is 6.92 Å². The fourth-order valence-corrected chi connectivity index (χ4v) is 3.36. The topological polar surface area (TPSA) is 131 Å². The first-order valence-electron chi connectivity index (χ1n) is 9.86. The van der Waals surface area contributed by atoms with Crippen molar-refractivity contribution in [2.45, 2.75) is 63.2 Å². The lowest BCUT2D eigenvalue weighted by atomic mass is 10.1. The van der Waals surface area contributed by atoms with E-state index >= 15 is 0 Å². The van der Waals surface area contributed by atoms with Crippen molar-refractivity contribution < 1.29 is 32.0 Å². The van der Waals surface area contributed by atoms with Gasteiger partial charge in [-0.3, -0.25) is 8.98 Å². The van der Waals surface area contributed by atoms with Crippen molar-refractivity contribution in [3.05, 3.63) is 42.5 Å². The van der Waals surface area contributed by atoms with Crippen LogP contribution in [-0.4, -0.2) is 56.4 Å². The third-order valence-electron chi connectivity index (χ3n) is 3.94. The predicted octanol–water partition coefficient (Wildman–Crippen LogP) is 2.04. The van der Waals surface area contributed by atoms with Crippen LogP contribution in [0, 0.1) is 6.92 Å². The predicted molar refractivity (Wildman–Crippen MR) is 116 cm³/mol. The minimum atomic E-state index is -3.96. The van der Waals surface area contributed by atoms with Crippen LogP contribution in [0.25, 0.3) is 0 Å². The first-order chi connectivity index (χ1) is 14.3. The molecule has 0 spiro atoms. The lowest BCUT2D eigenvalue weighted by molar-refractivity contribution is -0.123. The molecule has 1 aromatic carbocycles. The summed E-state index contributed by atoms with van der Waals surface area (Å²) in [5.74, 6) is -0.530. The van der Waals surface area contributed by atoms with Crippen LogP contribution in [0.4, 0.5) is 4.79 Å². The summed E-state index contributed by atoms with van der Waals surface area (Å²) in [6.07, 6.45) is -0.662. The van der Waals surface area contributed by atoms with Crippen molar-refractivity contribution in [2.24, 2.45) is 0 Å². The molecule has 1 rings (SSSR count). The third kappa shape index (κ3) is 10.4. The Kier molecular flexibility index (Phi) is 10.1. The second kappa shape index (κ2) is 11.8. The van der Waals surface area contributed by atoms with E-state index in [9.17, 15) is 23.1 Å². The molecule has 3 N–H and O–H groups in total. The summed E-state index contributed by atoms with van der Waals surface area (Å²) in [7, 11) is -3.96. The van der Waals surface area contributed by atoms with Crippen LogP contribution in [0.3, 0.4) is 0 Å². The van der Waals surface area contributed by atoms with Gasteiger partial charge in [0.2, 0.25) is 5.91 Å². The van der Waals surface area contributed by atoms with E-state index in [-0.39, 0.29) is 30.9 Å². The molecule has 0 unspecified atom stereocenters. The summed E-state index contributed by atoms with van der Waals surface area (Å²) >= 11 is 0. The van der Waals surface area contributed by atoms with Gasteiger partial charge in [0.15, 0.2) is 0 Å². The molecule has 0 aliphatic rings. The molecule has 0 heterocycles. The largest absolute Gasteiger partial charge is 0.444 e. The van der Waals surface area contributed by atoms with Crippen LogP contribution in [0.15, 0.2) is 41.8 Å². The van der Waals surface area contributed by atoms with E-state index in [0.717, 1.165) is 5.56 Å². The van der Waals surface area contributed by atoms with E-state index in [0.29, 0.717) is 0 Å². The SMILES string of the molecule is C=CCNC(=O)[C@@H](C[C@@H](O)CCOS(=O)(=O)c1ccc(C)cc1)NC(=O)OC(C)(C)C. The molecule has 0 aliphatic heterocycles. The van der Waals surface area contributed by atoms with Gasteiger partial charge in [0, 0.05) is 13.0 Å². The molecule has 0 saturated carbocycles. The summed E-state index contributed by atoms with van der Waals surface area (Å²) in [6, 6.07) is 5.09. The Labute approximate surface area is 183 Å². The van der Waals surface area contributed by atoms with Crippen LogP contribution in [0.1, 0.15) is 39.2 Å². The van der Waals surface area contributed by atoms with E-state index in [4.69, 9.17) is 8.92 Å². The van der Waals surface area contributed by atoms with Crippen molar-refractivity contribution >= 4 is 22.1 Å². The van der Waals surface area contributed by atoms with Gasteiger partial charge in [0.05, 0.1) is 17.6 Å². The molecule has 0 aliphatic carbocycles. The number of aliphatic hydroxyl groups excluding tert-OH is 1. The fourth-order valence-electron chi connectivity index (χ4n) is 2.43. The van der Waals surface area contributed by atoms with E-state index < -0.39 is 39.9 Å². The summed E-state index contributed by atoms with van der Waals surface area (Å²) in [4.78, 5) is 24.4. The number of carbonyl (C=O) groups excluding carboxylic acids is 2. The number of carbonyl (C=O) groups is 2. The Morgan fingerprint density at radius 2 is 1.84 bits per heavy atom. The smallest absolute Gasteiger partial charge is 0.408 e. The standard InChI is InChI=1S/C21H32N2O7S/c1-6-12-22-19(25)18(23-20(26)30-21(3,4)5)14-16(24)11-13-29-31(27,28)17-9-7-15(2)8-10-17/h6-10,16,18,24H,1,11-14H2,2-5H3,(H,22,25)(H,23,26)/t16-,18+/m0/s1. The third-order valence-corrected chi connectivity index (χ3v) is 5.26. The Morgan fingerprint density at radius 1 is 1.23 bits per heavy atom. The van der Waals surface area contributed by atoms with E-state index in [1.54, 1.807) is 32.9 Å². The first kappa shape index (κ1) is 26.6. The summed E-state index contributed by atoms with van der Waals surface area (Å²) in [5.41, 5.74) is 0.149. The average Bonchev–Trinajstić information content (AvgIpc) is 2.64. The second-order valence-corrected chi connectivity index (χ2v) is 9.62. The molecule has 174 valence electrons. The zero-order valence-electron chi connectivity index (χ0n) is 18.4. The normalized spacial score (nSPS) is 13.7. The maximum atomic E-state index is 12.3. The molecule has 2 amide bonds. The number of rotatable bonds is 11. The van der Waals surface area contributed by atoms with Crippen LogP contribution in [-0.2, 0) is 23.8 Å². The number of aliphatic hydroxyl groups is 1. The molecule has 0 aromatic heterocycles. The molecule has 10 heteroatoms. The summed E-state index contributed by atoms with van der Waals surface area (Å²) in [6.45, 7) is 10.3. The van der Waals surface area contributed by atoms with Gasteiger partial charge in [0.25, 0.3) is 10.1 Å². The lowest BCUT2D eigenvalue weighted by Crippen LogP contribution is -2.49. The van der Waals surface area contributed by atoms with Gasteiger partial charge in [-0.05, 0) is 46.2 Å². The van der Waals surface area contributed by atoms with Crippen LogP contribution >= 0.6 is 0 Å². The van der Waals surface area contributed by atoms with Gasteiger partial charge in [-0.2, -0.15) is 8.42 Å².